The summed E-state index contributed by atoms with van der Waals surface area (Å²) < 4.78 is 9.83. The summed E-state index contributed by atoms with van der Waals surface area (Å²) in [5.74, 6) is -2.65. The van der Waals surface area contributed by atoms with Crippen LogP contribution >= 0.6 is 0 Å². The molecule has 4 amide bonds. The van der Waals surface area contributed by atoms with Crippen LogP contribution in [-0.4, -0.2) is 75.0 Å². The van der Waals surface area contributed by atoms with E-state index in [0.717, 1.165) is 12.2 Å². The summed E-state index contributed by atoms with van der Waals surface area (Å²) in [6, 6.07) is 0. The number of nitrogens with one attached hydrogen (secondary N) is 4. The molecule has 0 aliphatic heterocycles. The van der Waals surface area contributed by atoms with Crippen molar-refractivity contribution in [2.75, 3.05) is 39.4 Å². The highest BCUT2D eigenvalue weighted by Crippen LogP contribution is 2.12. The molecule has 0 radical (unpaired) electrons. The van der Waals surface area contributed by atoms with Gasteiger partial charge in [0.05, 0.1) is 26.3 Å². The zero-order valence-electron chi connectivity index (χ0n) is 22.1. The van der Waals surface area contributed by atoms with Crippen LogP contribution in [0.3, 0.4) is 0 Å². The second kappa shape index (κ2) is 16.3. The Balaban J connectivity index is 3.84. The number of ether oxygens (including phenoxy) is 2. The zero-order chi connectivity index (χ0) is 27.8. The van der Waals surface area contributed by atoms with Gasteiger partial charge in [0, 0.05) is 36.1 Å². The predicted molar refractivity (Wildman–Crippen MR) is 131 cm³/mol. The van der Waals surface area contributed by atoms with E-state index in [-0.39, 0.29) is 63.0 Å². The van der Waals surface area contributed by atoms with Gasteiger partial charge in [0.2, 0.25) is 23.6 Å². The molecule has 0 aromatic carbocycles. The van der Waals surface area contributed by atoms with Gasteiger partial charge in [-0.2, -0.15) is 0 Å². The molecule has 0 atom stereocenters. The van der Waals surface area contributed by atoms with Crippen LogP contribution in [0.2, 0.25) is 0 Å². The molecule has 0 unspecified atom stereocenters. The Morgan fingerprint density at radius 3 is 1.22 bits per heavy atom. The van der Waals surface area contributed by atoms with Gasteiger partial charge in [0.25, 0.3) is 0 Å². The SMILES string of the molecule is CC(C)(C)C(=O)NCC(=O)NCCCOC(=O)/C=C/C(=O)OCCCNC(=O)CNC(=O)C(C)(C)C. The smallest absolute Gasteiger partial charge is 0.331 e. The standard InChI is InChI=1S/C24H40N4O8/c1-23(2,3)21(33)27-15-17(29)25-11-7-13-35-19(31)9-10-20(32)36-14-8-12-26-18(30)16-28-22(34)24(4,5)6/h9-10H,7-8,11-16H2,1-6H3,(H,25,29)(H,26,30)(H,27,33)(H,28,34)/b10-9+. The van der Waals surface area contributed by atoms with Crippen molar-refractivity contribution < 1.29 is 38.2 Å². The molecule has 0 heterocycles. The molecule has 0 spiro atoms. The normalized spacial score (nSPS) is 11.4. The first kappa shape index (κ1) is 32.6. The van der Waals surface area contributed by atoms with Crippen LogP contribution in [0.15, 0.2) is 12.2 Å². The minimum absolute atomic E-state index is 0.0305. The van der Waals surface area contributed by atoms with E-state index in [9.17, 15) is 28.8 Å². The number of esters is 2. The van der Waals surface area contributed by atoms with E-state index < -0.39 is 22.8 Å². The largest absolute Gasteiger partial charge is 0.462 e. The first-order chi connectivity index (χ1) is 16.6. The highest BCUT2D eigenvalue weighted by atomic mass is 16.5. The Hall–Kier alpha value is -3.44. The Morgan fingerprint density at radius 1 is 0.583 bits per heavy atom. The predicted octanol–water partition coefficient (Wildman–Crippen LogP) is -0.0338. The van der Waals surface area contributed by atoms with Gasteiger partial charge in [0.15, 0.2) is 0 Å². The molecule has 204 valence electrons. The minimum atomic E-state index is -0.736. The van der Waals surface area contributed by atoms with Crippen LogP contribution in [0.5, 0.6) is 0 Å². The van der Waals surface area contributed by atoms with Gasteiger partial charge >= 0.3 is 11.9 Å². The number of hydrogen-bond donors (Lipinski definition) is 4. The summed E-state index contributed by atoms with van der Waals surface area (Å²) in [4.78, 5) is 69.9. The maximum atomic E-state index is 11.7. The fraction of sp³-hybridized carbons (Fsp3) is 0.667. The van der Waals surface area contributed by atoms with Crippen molar-refractivity contribution >= 4 is 35.6 Å². The van der Waals surface area contributed by atoms with Crippen molar-refractivity contribution in [3.8, 4) is 0 Å². The quantitative estimate of drug-likeness (QED) is 0.143. The Kier molecular flexibility index (Phi) is 14.7. The van der Waals surface area contributed by atoms with E-state index in [1.54, 1.807) is 41.5 Å². The molecule has 12 heteroatoms. The van der Waals surface area contributed by atoms with E-state index in [1.807, 2.05) is 0 Å². The molecular weight excluding hydrogens is 472 g/mol. The molecule has 0 saturated heterocycles. The Morgan fingerprint density at radius 2 is 0.917 bits per heavy atom. The second-order valence-electron chi connectivity index (χ2n) is 9.94. The first-order valence-electron chi connectivity index (χ1n) is 11.7. The van der Waals surface area contributed by atoms with Gasteiger partial charge in [0.1, 0.15) is 0 Å². The molecule has 0 aromatic heterocycles. The van der Waals surface area contributed by atoms with Crippen LogP contribution in [0.1, 0.15) is 54.4 Å². The van der Waals surface area contributed by atoms with Crippen molar-refractivity contribution in [2.24, 2.45) is 10.8 Å². The van der Waals surface area contributed by atoms with E-state index in [1.165, 1.54) is 0 Å². The molecule has 0 aromatic rings. The lowest BCUT2D eigenvalue weighted by molar-refractivity contribution is -0.140. The van der Waals surface area contributed by atoms with Gasteiger partial charge in [-0.25, -0.2) is 9.59 Å². The topological polar surface area (TPSA) is 169 Å². The third kappa shape index (κ3) is 17.1. The fourth-order valence-corrected chi connectivity index (χ4v) is 2.15. The third-order valence-electron chi connectivity index (χ3n) is 4.31. The van der Waals surface area contributed by atoms with Crippen molar-refractivity contribution in [2.45, 2.75) is 54.4 Å². The van der Waals surface area contributed by atoms with E-state index in [0.29, 0.717) is 12.8 Å². The van der Waals surface area contributed by atoms with E-state index >= 15 is 0 Å². The number of rotatable bonds is 14. The lowest BCUT2D eigenvalue weighted by Crippen LogP contribution is -2.42. The first-order valence-corrected chi connectivity index (χ1v) is 11.7. The number of amides is 4. The van der Waals surface area contributed by atoms with Gasteiger partial charge in [-0.05, 0) is 12.8 Å². The molecule has 0 fully saturated rings. The van der Waals surface area contributed by atoms with Gasteiger partial charge < -0.3 is 30.7 Å². The van der Waals surface area contributed by atoms with Crippen LogP contribution in [-0.2, 0) is 38.2 Å². The molecule has 0 aliphatic rings. The van der Waals surface area contributed by atoms with Crippen LogP contribution in [0, 0.1) is 10.8 Å². The minimum Gasteiger partial charge on any atom is -0.462 e. The molecular formula is C24H40N4O8. The summed E-state index contributed by atoms with van der Waals surface area (Å²) in [6.07, 6.45) is 2.58. The number of hydrogen-bond acceptors (Lipinski definition) is 8. The van der Waals surface area contributed by atoms with Crippen molar-refractivity contribution in [1.82, 2.24) is 21.3 Å². The van der Waals surface area contributed by atoms with Crippen molar-refractivity contribution in [3.05, 3.63) is 12.2 Å². The van der Waals surface area contributed by atoms with Gasteiger partial charge in [-0.15, -0.1) is 0 Å². The Bertz CT molecular complexity index is 744. The van der Waals surface area contributed by atoms with Crippen LogP contribution in [0.25, 0.3) is 0 Å². The lowest BCUT2D eigenvalue weighted by atomic mass is 9.96. The van der Waals surface area contributed by atoms with Crippen LogP contribution in [0.4, 0.5) is 0 Å². The number of carbonyl (C=O) groups is 6. The van der Waals surface area contributed by atoms with Gasteiger partial charge in [-0.1, -0.05) is 41.5 Å². The van der Waals surface area contributed by atoms with Crippen molar-refractivity contribution in [3.63, 3.8) is 0 Å². The molecule has 0 saturated carbocycles. The molecule has 4 N–H and O–H groups in total. The molecule has 0 bridgehead atoms. The molecule has 0 aliphatic carbocycles. The third-order valence-corrected chi connectivity index (χ3v) is 4.31. The van der Waals surface area contributed by atoms with Crippen molar-refractivity contribution in [1.29, 1.82) is 0 Å². The average molecular weight is 513 g/mol. The van der Waals surface area contributed by atoms with E-state index in [2.05, 4.69) is 21.3 Å². The maximum absolute atomic E-state index is 11.7. The maximum Gasteiger partial charge on any atom is 0.331 e. The molecule has 36 heavy (non-hydrogen) atoms. The second-order valence-corrected chi connectivity index (χ2v) is 9.94. The highest BCUT2D eigenvalue weighted by molar-refractivity contribution is 5.91. The summed E-state index contributed by atoms with van der Waals surface area (Å²) in [7, 11) is 0. The Labute approximate surface area is 212 Å². The zero-order valence-corrected chi connectivity index (χ0v) is 22.1. The summed E-state index contributed by atoms with van der Waals surface area (Å²) in [5.41, 5.74) is -1.17. The molecule has 0 rings (SSSR count). The molecule has 12 nitrogen and oxygen atoms in total. The van der Waals surface area contributed by atoms with Crippen LogP contribution < -0.4 is 21.3 Å². The summed E-state index contributed by atoms with van der Waals surface area (Å²) in [6.45, 7) is 10.7. The summed E-state index contributed by atoms with van der Waals surface area (Å²) >= 11 is 0. The summed E-state index contributed by atoms with van der Waals surface area (Å²) in [5, 5.41) is 10.2. The van der Waals surface area contributed by atoms with E-state index in [4.69, 9.17) is 9.47 Å². The lowest BCUT2D eigenvalue weighted by Gasteiger charge is -2.17. The monoisotopic (exact) mass is 512 g/mol. The highest BCUT2D eigenvalue weighted by Gasteiger charge is 2.22. The average Bonchev–Trinajstić information content (AvgIpc) is 2.77. The number of carbonyl (C=O) groups excluding carboxylic acids is 6. The fourth-order valence-electron chi connectivity index (χ4n) is 2.15. The van der Waals surface area contributed by atoms with Gasteiger partial charge in [-0.3, -0.25) is 19.2 Å².